The summed E-state index contributed by atoms with van der Waals surface area (Å²) in [6, 6.07) is 8.89. The predicted molar refractivity (Wildman–Crippen MR) is 99.8 cm³/mol. The molecule has 4 nitrogen and oxygen atoms in total. The van der Waals surface area contributed by atoms with Crippen LogP contribution in [0.2, 0.25) is 0 Å². The fraction of sp³-hybridized carbons (Fsp3) is 0.238. The molecule has 0 heterocycles. The first kappa shape index (κ1) is 18.0. The second kappa shape index (κ2) is 7.62. The van der Waals surface area contributed by atoms with Crippen LogP contribution in [0.1, 0.15) is 30.7 Å². The van der Waals surface area contributed by atoms with E-state index >= 15 is 0 Å². The molecule has 1 aliphatic rings. The van der Waals surface area contributed by atoms with Crippen molar-refractivity contribution in [3.8, 4) is 11.5 Å². The lowest BCUT2D eigenvalue weighted by molar-refractivity contribution is 0.203. The van der Waals surface area contributed by atoms with E-state index in [0.717, 1.165) is 29.9 Å². The molecule has 0 spiro atoms. The molecule has 0 bridgehead atoms. The summed E-state index contributed by atoms with van der Waals surface area (Å²) >= 11 is 0. The van der Waals surface area contributed by atoms with Gasteiger partial charge in [0, 0.05) is 17.7 Å². The van der Waals surface area contributed by atoms with Crippen molar-refractivity contribution in [1.82, 2.24) is 0 Å². The third kappa shape index (κ3) is 4.24. The summed E-state index contributed by atoms with van der Waals surface area (Å²) in [5.74, 6) is 0.0696. The summed E-state index contributed by atoms with van der Waals surface area (Å²) in [5, 5.41) is 22.9. The average Bonchev–Trinajstić information content (AvgIpc) is 2.61. The Labute approximate surface area is 152 Å². The van der Waals surface area contributed by atoms with Gasteiger partial charge in [-0.15, -0.1) is 0 Å². The lowest BCUT2D eigenvalue weighted by Crippen LogP contribution is -2.15. The van der Waals surface area contributed by atoms with Gasteiger partial charge in [-0.05, 0) is 61.9 Å². The Morgan fingerprint density at radius 2 is 2.00 bits per heavy atom. The van der Waals surface area contributed by atoms with Crippen molar-refractivity contribution in [3.05, 3.63) is 77.1 Å². The van der Waals surface area contributed by atoms with Crippen LogP contribution in [0.4, 0.5) is 10.1 Å². The summed E-state index contributed by atoms with van der Waals surface area (Å²) in [4.78, 5) is 0. The van der Waals surface area contributed by atoms with Crippen LogP contribution in [0.5, 0.6) is 11.5 Å². The maximum atomic E-state index is 13.3. The van der Waals surface area contributed by atoms with E-state index in [-0.39, 0.29) is 17.4 Å². The average molecular weight is 355 g/mol. The van der Waals surface area contributed by atoms with Crippen LogP contribution >= 0.6 is 0 Å². The first-order valence-corrected chi connectivity index (χ1v) is 8.47. The molecule has 2 aromatic carbocycles. The SMILES string of the molecule is CC1=CCC(Oc2ccc(NC(O)c3cc(F)ccc3O)cc2C)C=C1. The number of allylic oxidation sites excluding steroid dienone is 2. The molecule has 0 fully saturated rings. The van der Waals surface area contributed by atoms with Gasteiger partial charge in [0.2, 0.25) is 0 Å². The van der Waals surface area contributed by atoms with Gasteiger partial charge in [-0.3, -0.25) is 0 Å². The van der Waals surface area contributed by atoms with E-state index < -0.39 is 12.0 Å². The fourth-order valence-corrected chi connectivity index (χ4v) is 2.81. The van der Waals surface area contributed by atoms with Gasteiger partial charge in [0.05, 0.1) is 0 Å². The molecule has 2 aromatic rings. The minimum Gasteiger partial charge on any atom is -0.507 e. The van der Waals surface area contributed by atoms with Crippen molar-refractivity contribution in [3.63, 3.8) is 0 Å². The Hall–Kier alpha value is -2.79. The predicted octanol–water partition coefficient (Wildman–Crippen LogP) is 4.60. The van der Waals surface area contributed by atoms with Crippen LogP contribution in [-0.4, -0.2) is 16.3 Å². The third-order valence-corrected chi connectivity index (χ3v) is 4.29. The molecule has 2 unspecified atom stereocenters. The van der Waals surface area contributed by atoms with Gasteiger partial charge >= 0.3 is 0 Å². The van der Waals surface area contributed by atoms with E-state index in [9.17, 15) is 14.6 Å². The van der Waals surface area contributed by atoms with Crippen molar-refractivity contribution in [2.24, 2.45) is 0 Å². The molecule has 2 atom stereocenters. The highest BCUT2D eigenvalue weighted by molar-refractivity contribution is 5.52. The minimum absolute atomic E-state index is 0.00559. The van der Waals surface area contributed by atoms with Crippen LogP contribution in [0.25, 0.3) is 0 Å². The van der Waals surface area contributed by atoms with E-state index in [4.69, 9.17) is 4.74 Å². The first-order valence-electron chi connectivity index (χ1n) is 8.47. The van der Waals surface area contributed by atoms with Crippen molar-refractivity contribution in [2.75, 3.05) is 5.32 Å². The molecule has 0 saturated heterocycles. The number of aryl methyl sites for hydroxylation is 1. The number of anilines is 1. The summed E-state index contributed by atoms with van der Waals surface area (Å²) in [6.07, 6.45) is 5.83. The summed E-state index contributed by atoms with van der Waals surface area (Å²) in [7, 11) is 0. The zero-order valence-corrected chi connectivity index (χ0v) is 14.7. The lowest BCUT2D eigenvalue weighted by atomic mass is 10.1. The number of halogens is 1. The zero-order chi connectivity index (χ0) is 18.7. The van der Waals surface area contributed by atoms with Crippen LogP contribution in [-0.2, 0) is 0 Å². The number of ether oxygens (including phenoxy) is 1. The summed E-state index contributed by atoms with van der Waals surface area (Å²) in [6.45, 7) is 3.97. The summed E-state index contributed by atoms with van der Waals surface area (Å²) < 4.78 is 19.3. The number of benzene rings is 2. The Bertz CT molecular complexity index is 860. The Kier molecular flexibility index (Phi) is 5.28. The van der Waals surface area contributed by atoms with Gasteiger partial charge in [0.25, 0.3) is 0 Å². The molecule has 0 saturated carbocycles. The molecular formula is C21H22FNO3. The Morgan fingerprint density at radius 1 is 1.19 bits per heavy atom. The Balaban J connectivity index is 1.69. The first-order chi connectivity index (χ1) is 12.4. The van der Waals surface area contributed by atoms with E-state index in [1.807, 2.05) is 31.2 Å². The highest BCUT2D eigenvalue weighted by Gasteiger charge is 2.15. The number of nitrogens with one attached hydrogen (secondary N) is 1. The maximum absolute atomic E-state index is 13.3. The van der Waals surface area contributed by atoms with Gasteiger partial charge in [0.1, 0.15) is 23.4 Å². The van der Waals surface area contributed by atoms with Crippen LogP contribution in [0, 0.1) is 12.7 Å². The number of aliphatic hydroxyl groups excluding tert-OH is 1. The molecule has 3 N–H and O–H groups in total. The van der Waals surface area contributed by atoms with E-state index in [1.165, 1.54) is 11.6 Å². The molecule has 136 valence electrons. The van der Waals surface area contributed by atoms with E-state index in [1.54, 1.807) is 6.07 Å². The number of phenolic OH excluding ortho intramolecular Hbond substituents is 1. The number of rotatable bonds is 5. The zero-order valence-electron chi connectivity index (χ0n) is 14.7. The molecule has 0 radical (unpaired) electrons. The second-order valence-corrected chi connectivity index (χ2v) is 6.43. The normalized spacial score (nSPS) is 17.5. The van der Waals surface area contributed by atoms with Gasteiger partial charge in [0.15, 0.2) is 6.23 Å². The monoisotopic (exact) mass is 355 g/mol. The van der Waals surface area contributed by atoms with Crippen molar-refractivity contribution in [2.45, 2.75) is 32.6 Å². The number of hydrogen-bond donors (Lipinski definition) is 3. The fourth-order valence-electron chi connectivity index (χ4n) is 2.81. The van der Waals surface area contributed by atoms with Gasteiger partial charge in [-0.1, -0.05) is 17.7 Å². The molecule has 0 aromatic heterocycles. The third-order valence-electron chi connectivity index (χ3n) is 4.29. The van der Waals surface area contributed by atoms with Gasteiger partial charge < -0.3 is 20.3 Å². The highest BCUT2D eigenvalue weighted by atomic mass is 19.1. The topological polar surface area (TPSA) is 61.7 Å². The van der Waals surface area contributed by atoms with Crippen LogP contribution in [0.3, 0.4) is 0 Å². The van der Waals surface area contributed by atoms with Crippen molar-refractivity contribution < 1.29 is 19.3 Å². The number of aliphatic hydroxyl groups is 1. The largest absolute Gasteiger partial charge is 0.507 e. The smallest absolute Gasteiger partial charge is 0.154 e. The van der Waals surface area contributed by atoms with Crippen molar-refractivity contribution >= 4 is 5.69 Å². The molecule has 26 heavy (non-hydrogen) atoms. The summed E-state index contributed by atoms with van der Waals surface area (Å²) in [5.41, 5.74) is 2.86. The van der Waals surface area contributed by atoms with Crippen LogP contribution in [0.15, 0.2) is 60.2 Å². The van der Waals surface area contributed by atoms with E-state index in [2.05, 4.69) is 18.3 Å². The maximum Gasteiger partial charge on any atom is 0.154 e. The lowest BCUT2D eigenvalue weighted by Gasteiger charge is -2.20. The Morgan fingerprint density at radius 3 is 2.69 bits per heavy atom. The molecule has 0 aliphatic heterocycles. The molecule has 5 heteroatoms. The van der Waals surface area contributed by atoms with Crippen LogP contribution < -0.4 is 10.1 Å². The van der Waals surface area contributed by atoms with Crippen molar-refractivity contribution in [1.29, 1.82) is 0 Å². The number of aromatic hydroxyl groups is 1. The standard InChI is InChI=1S/C21H22FNO3/c1-13-3-7-17(8-4-13)26-20-10-6-16(11-14(20)2)23-21(25)18-12-15(22)5-9-19(18)24/h3-7,9-12,17,21,23-25H,8H2,1-2H3. The second-order valence-electron chi connectivity index (χ2n) is 6.43. The molecule has 3 rings (SSSR count). The minimum atomic E-state index is -1.23. The van der Waals surface area contributed by atoms with Gasteiger partial charge in [-0.25, -0.2) is 4.39 Å². The molecule has 0 amide bonds. The highest BCUT2D eigenvalue weighted by Crippen LogP contribution is 2.29. The number of hydrogen-bond acceptors (Lipinski definition) is 4. The van der Waals surface area contributed by atoms with E-state index in [0.29, 0.717) is 5.69 Å². The quantitative estimate of drug-likeness (QED) is 0.686. The van der Waals surface area contributed by atoms with Gasteiger partial charge in [-0.2, -0.15) is 0 Å². The molecule has 1 aliphatic carbocycles. The molecular weight excluding hydrogens is 333 g/mol. The number of phenols is 1.